The van der Waals surface area contributed by atoms with Gasteiger partial charge in [0.1, 0.15) is 5.78 Å². The summed E-state index contributed by atoms with van der Waals surface area (Å²) in [6.45, 7) is 3.71. The zero-order valence-electron chi connectivity index (χ0n) is 14.2. The van der Waals surface area contributed by atoms with Gasteiger partial charge in [0, 0.05) is 18.0 Å². The van der Waals surface area contributed by atoms with Crippen LogP contribution in [0.25, 0.3) is 10.9 Å². The second-order valence-electron chi connectivity index (χ2n) is 5.76. The Hall–Kier alpha value is -1.98. The zero-order valence-corrected chi connectivity index (χ0v) is 14.2. The summed E-state index contributed by atoms with van der Waals surface area (Å²) < 4.78 is 1.69. The molecule has 0 saturated carbocycles. The fraction of sp³-hybridized carbons (Fsp3) is 0.444. The number of rotatable bonds is 7. The van der Waals surface area contributed by atoms with Crippen molar-refractivity contribution >= 4 is 22.6 Å². The van der Waals surface area contributed by atoms with E-state index in [-0.39, 0.29) is 23.8 Å². The van der Waals surface area contributed by atoms with Crippen LogP contribution in [0.2, 0.25) is 0 Å². The van der Waals surface area contributed by atoms with Crippen LogP contribution in [-0.2, 0) is 11.2 Å². The summed E-state index contributed by atoms with van der Waals surface area (Å²) >= 11 is 0. The molecule has 0 radical (unpaired) electrons. The molecule has 0 aliphatic rings. The van der Waals surface area contributed by atoms with Crippen molar-refractivity contribution in [2.75, 3.05) is 14.1 Å². The van der Waals surface area contributed by atoms with E-state index in [1.807, 2.05) is 44.3 Å². The minimum absolute atomic E-state index is 0.00206. The van der Waals surface area contributed by atoms with Crippen molar-refractivity contribution in [1.82, 2.24) is 15.2 Å². The van der Waals surface area contributed by atoms with Crippen molar-refractivity contribution in [1.29, 1.82) is 0 Å². The summed E-state index contributed by atoms with van der Waals surface area (Å²) in [6.07, 6.45) is 2.95. The predicted octanol–water partition coefficient (Wildman–Crippen LogP) is 2.00. The van der Waals surface area contributed by atoms with E-state index < -0.39 is 0 Å². The van der Waals surface area contributed by atoms with Crippen LogP contribution in [0.4, 0.5) is 0 Å². The van der Waals surface area contributed by atoms with Gasteiger partial charge in [0.15, 0.2) is 0 Å². The van der Waals surface area contributed by atoms with Crippen molar-refractivity contribution in [3.8, 4) is 0 Å². The number of nitrogens with zero attached hydrogens (tertiary/aromatic N) is 1. The van der Waals surface area contributed by atoms with E-state index in [0.717, 1.165) is 16.5 Å². The van der Waals surface area contributed by atoms with Gasteiger partial charge in [0.05, 0.1) is 17.6 Å². The van der Waals surface area contributed by atoms with Gasteiger partial charge in [-0.3, -0.25) is 14.2 Å². The first kappa shape index (κ1) is 17.4. The van der Waals surface area contributed by atoms with Crippen molar-refractivity contribution in [2.45, 2.75) is 38.8 Å². The van der Waals surface area contributed by atoms with Crippen LogP contribution in [0.5, 0.6) is 0 Å². The number of carbonyl (C=O) groups excluding carboxylic acids is 2. The molecule has 0 bridgehead atoms. The Kier molecular flexibility index (Phi) is 5.69. The fourth-order valence-electron chi connectivity index (χ4n) is 2.77. The number of hydrogen-bond donors (Lipinski definition) is 2. The highest BCUT2D eigenvalue weighted by atomic mass is 16.2. The van der Waals surface area contributed by atoms with E-state index in [9.17, 15) is 9.59 Å². The second kappa shape index (κ2) is 7.53. The third-order valence-corrected chi connectivity index (χ3v) is 4.34. The van der Waals surface area contributed by atoms with Crippen molar-refractivity contribution in [2.24, 2.45) is 0 Å². The molecule has 2 unspecified atom stereocenters. The maximum atomic E-state index is 12.6. The highest BCUT2D eigenvalue weighted by Gasteiger charge is 2.21. The lowest BCUT2D eigenvalue weighted by atomic mass is 10.0. The minimum atomic E-state index is -0.268. The molecule has 23 heavy (non-hydrogen) atoms. The summed E-state index contributed by atoms with van der Waals surface area (Å²) in [4.78, 5) is 24.6. The van der Waals surface area contributed by atoms with Crippen molar-refractivity contribution in [3.63, 3.8) is 0 Å². The van der Waals surface area contributed by atoms with Crippen LogP contribution in [0, 0.1) is 0 Å². The third kappa shape index (κ3) is 3.51. The van der Waals surface area contributed by atoms with E-state index in [1.54, 1.807) is 18.7 Å². The number of carbonyl (C=O) groups is 2. The number of nitrogens with one attached hydrogen (secondary N) is 2. The first-order chi connectivity index (χ1) is 11.0. The second-order valence-corrected chi connectivity index (χ2v) is 5.76. The fourth-order valence-corrected chi connectivity index (χ4v) is 2.77. The molecule has 2 rings (SSSR count). The molecule has 0 aliphatic carbocycles. The monoisotopic (exact) mass is 315 g/mol. The molecule has 1 aromatic heterocycles. The van der Waals surface area contributed by atoms with Crippen molar-refractivity contribution < 1.29 is 9.59 Å². The molecule has 1 heterocycles. The van der Waals surface area contributed by atoms with E-state index in [4.69, 9.17) is 0 Å². The Morgan fingerprint density at radius 3 is 2.48 bits per heavy atom. The smallest absolute Gasteiger partial charge is 0.247 e. The molecule has 2 N–H and O–H groups in total. The quantitative estimate of drug-likeness (QED) is 0.820. The summed E-state index contributed by atoms with van der Waals surface area (Å²) in [5.74, 6) is 0.178. The van der Waals surface area contributed by atoms with Crippen molar-refractivity contribution in [3.05, 3.63) is 36.0 Å². The summed E-state index contributed by atoms with van der Waals surface area (Å²) in [5.41, 5.74) is 1.90. The van der Waals surface area contributed by atoms with Gasteiger partial charge in [0.25, 0.3) is 0 Å². The summed E-state index contributed by atoms with van der Waals surface area (Å²) in [7, 11) is 3.57. The average molecular weight is 315 g/mol. The Balaban J connectivity index is 2.45. The zero-order chi connectivity index (χ0) is 17.0. The molecule has 2 atom stereocenters. The number of hydrogen-bond acceptors (Lipinski definition) is 4. The first-order valence-corrected chi connectivity index (χ1v) is 8.03. The van der Waals surface area contributed by atoms with E-state index in [2.05, 4.69) is 10.6 Å². The highest BCUT2D eigenvalue weighted by Crippen LogP contribution is 2.23. The van der Waals surface area contributed by atoms with Crippen LogP contribution in [0.1, 0.15) is 30.6 Å². The number of Topliss-reactive ketones (excluding diaryl/α,β-unsaturated/α-hetero) is 1. The normalized spacial score (nSPS) is 13.9. The topological polar surface area (TPSA) is 63.1 Å². The molecule has 0 aliphatic heterocycles. The van der Waals surface area contributed by atoms with E-state index >= 15 is 0 Å². The Bertz CT molecular complexity index is 705. The largest absolute Gasteiger partial charge is 0.310 e. The van der Waals surface area contributed by atoms with Crippen LogP contribution in [0.3, 0.4) is 0 Å². The van der Waals surface area contributed by atoms with Gasteiger partial charge in [-0.15, -0.1) is 0 Å². The number of aromatic nitrogens is 1. The van der Waals surface area contributed by atoms with Crippen LogP contribution in [0.15, 0.2) is 30.5 Å². The lowest BCUT2D eigenvalue weighted by molar-refractivity contribution is -0.120. The van der Waals surface area contributed by atoms with E-state index in [1.165, 1.54) is 0 Å². The summed E-state index contributed by atoms with van der Waals surface area (Å²) in [6, 6.07) is 7.33. The first-order valence-electron chi connectivity index (χ1n) is 8.03. The van der Waals surface area contributed by atoms with Gasteiger partial charge >= 0.3 is 0 Å². The maximum Gasteiger partial charge on any atom is 0.247 e. The maximum absolute atomic E-state index is 12.6. The molecule has 5 nitrogen and oxygen atoms in total. The van der Waals surface area contributed by atoms with Gasteiger partial charge < -0.3 is 10.6 Å². The molecule has 1 aromatic carbocycles. The van der Waals surface area contributed by atoms with Gasteiger partial charge in [-0.25, -0.2) is 0 Å². The van der Waals surface area contributed by atoms with Gasteiger partial charge in [0.2, 0.25) is 5.91 Å². The standard InChI is InChI=1S/C18H25N3O2/c1-5-17(22)15(20-4)10-13-11-21(18(23)12(2)19-3)16-9-7-6-8-14(13)16/h6-9,11-12,15,19-20H,5,10H2,1-4H3. The molecule has 0 spiro atoms. The SMILES string of the molecule is CCC(=O)C(Cc1cn(C(=O)C(C)NC)c2ccccc12)NC. The molecule has 124 valence electrons. The Labute approximate surface area is 137 Å². The lowest BCUT2D eigenvalue weighted by Gasteiger charge is -2.13. The number of ketones is 1. The van der Waals surface area contributed by atoms with Crippen LogP contribution < -0.4 is 10.6 Å². The van der Waals surface area contributed by atoms with Crippen LogP contribution in [-0.4, -0.2) is 42.4 Å². The summed E-state index contributed by atoms with van der Waals surface area (Å²) in [5, 5.41) is 7.08. The molecular formula is C18H25N3O2. The van der Waals surface area contributed by atoms with E-state index in [0.29, 0.717) is 12.8 Å². The minimum Gasteiger partial charge on any atom is -0.310 e. The Morgan fingerprint density at radius 1 is 1.17 bits per heavy atom. The number of para-hydroxylation sites is 1. The average Bonchev–Trinajstić information content (AvgIpc) is 2.96. The molecular weight excluding hydrogens is 290 g/mol. The van der Waals surface area contributed by atoms with Gasteiger partial charge in [-0.05, 0) is 39.1 Å². The van der Waals surface area contributed by atoms with Crippen LogP contribution >= 0.6 is 0 Å². The predicted molar refractivity (Wildman–Crippen MR) is 92.9 cm³/mol. The lowest BCUT2D eigenvalue weighted by Crippen LogP contribution is -2.35. The molecule has 0 saturated heterocycles. The number of fused-ring (bicyclic) bond motifs is 1. The molecule has 5 heteroatoms. The highest BCUT2D eigenvalue weighted by molar-refractivity contribution is 5.97. The van der Waals surface area contributed by atoms with Gasteiger partial charge in [-0.1, -0.05) is 25.1 Å². The third-order valence-electron chi connectivity index (χ3n) is 4.34. The molecule has 2 aromatic rings. The Morgan fingerprint density at radius 2 is 1.87 bits per heavy atom. The number of benzene rings is 1. The molecule has 0 fully saturated rings. The van der Waals surface area contributed by atoms with Gasteiger partial charge in [-0.2, -0.15) is 0 Å². The molecule has 0 amide bonds. The number of likely N-dealkylation sites (N-methyl/N-ethyl adjacent to an activating group) is 2.